The smallest absolute Gasteiger partial charge is 0.404 e. The fourth-order valence-corrected chi connectivity index (χ4v) is 4.66. The topological polar surface area (TPSA) is 97.4 Å². The van der Waals surface area contributed by atoms with Crippen molar-refractivity contribution in [2.75, 3.05) is 26.3 Å². The molecule has 0 atom stereocenters. The fraction of sp³-hybridized carbons (Fsp3) is 0.263. The van der Waals surface area contributed by atoms with Gasteiger partial charge in [-0.25, -0.2) is 8.42 Å². The van der Waals surface area contributed by atoms with Gasteiger partial charge in [0.1, 0.15) is 10.6 Å². The van der Waals surface area contributed by atoms with E-state index in [0.717, 1.165) is 22.0 Å². The summed E-state index contributed by atoms with van der Waals surface area (Å²) >= 11 is 0. The third kappa shape index (κ3) is 4.70. The zero-order valence-corrected chi connectivity index (χ0v) is 16.8. The van der Waals surface area contributed by atoms with Crippen LogP contribution < -0.4 is 4.74 Å². The Morgan fingerprint density at radius 1 is 0.968 bits per heavy atom. The lowest BCUT2D eigenvalue weighted by Crippen LogP contribution is -2.40. The van der Waals surface area contributed by atoms with Gasteiger partial charge in [-0.3, -0.25) is 0 Å². The molecule has 0 aliphatic carbocycles. The normalized spacial score (nSPS) is 15.7. The van der Waals surface area contributed by atoms with E-state index in [4.69, 9.17) is 4.74 Å². The molecular weight excluding hydrogens is 437 g/mol. The first-order valence-electron chi connectivity index (χ1n) is 9.20. The number of alkyl halides is 3. The summed E-state index contributed by atoms with van der Waals surface area (Å²) in [4.78, 5) is 2.35. The van der Waals surface area contributed by atoms with Gasteiger partial charge in [0.2, 0.25) is 10.0 Å². The van der Waals surface area contributed by atoms with Gasteiger partial charge in [0.15, 0.2) is 11.6 Å². The van der Waals surface area contributed by atoms with E-state index in [1.54, 1.807) is 12.1 Å². The minimum Gasteiger partial charge on any atom is -0.404 e. The monoisotopic (exact) mass is 454 g/mol. The number of nitrogens with one attached hydrogen (secondary N) is 1. The summed E-state index contributed by atoms with van der Waals surface area (Å²) in [5.41, 5.74) is 0.996. The van der Waals surface area contributed by atoms with Crippen molar-refractivity contribution in [2.24, 2.45) is 0 Å². The van der Waals surface area contributed by atoms with Crippen LogP contribution in [0.3, 0.4) is 0 Å². The third-order valence-electron chi connectivity index (χ3n) is 4.56. The van der Waals surface area contributed by atoms with Crippen LogP contribution in [0.5, 0.6) is 5.75 Å². The number of H-pyrrole nitrogens is 1. The Balaban J connectivity index is 1.76. The molecule has 0 unspecified atom stereocenters. The molecule has 164 valence electrons. The minimum absolute atomic E-state index is 0.0263. The van der Waals surface area contributed by atoms with Crippen molar-refractivity contribution < 1.29 is 31.1 Å². The Labute approximate surface area is 175 Å². The van der Waals surface area contributed by atoms with E-state index in [1.807, 2.05) is 18.2 Å². The van der Waals surface area contributed by atoms with E-state index < -0.39 is 27.0 Å². The maximum Gasteiger partial charge on any atom is 0.573 e. The zero-order valence-electron chi connectivity index (χ0n) is 16.0. The van der Waals surface area contributed by atoms with Crippen molar-refractivity contribution in [2.45, 2.75) is 11.3 Å². The number of sulfonamides is 1. The first-order chi connectivity index (χ1) is 14.7. The van der Waals surface area contributed by atoms with Gasteiger partial charge < -0.3 is 14.5 Å². The minimum atomic E-state index is -5.05. The van der Waals surface area contributed by atoms with Gasteiger partial charge in [-0.2, -0.15) is 4.31 Å². The van der Waals surface area contributed by atoms with Crippen molar-refractivity contribution in [3.05, 3.63) is 48.5 Å². The molecule has 0 radical (unpaired) electrons. The summed E-state index contributed by atoms with van der Waals surface area (Å²) in [7, 11) is -4.27. The van der Waals surface area contributed by atoms with E-state index in [9.17, 15) is 21.6 Å². The van der Waals surface area contributed by atoms with Gasteiger partial charge in [0.25, 0.3) is 0 Å². The largest absolute Gasteiger partial charge is 0.573 e. The zero-order chi connectivity index (χ0) is 22.1. The van der Waals surface area contributed by atoms with Gasteiger partial charge in [0, 0.05) is 24.2 Å². The average molecular weight is 454 g/mol. The Morgan fingerprint density at radius 3 is 2.26 bits per heavy atom. The number of aromatic amines is 1. The van der Waals surface area contributed by atoms with Crippen LogP contribution in [0, 0.1) is 0 Å². The number of benzene rings is 2. The molecule has 31 heavy (non-hydrogen) atoms. The van der Waals surface area contributed by atoms with Crippen LogP contribution in [-0.4, -0.2) is 60.6 Å². The summed E-state index contributed by atoms with van der Waals surface area (Å²) in [5, 5.41) is 8.04. The number of hydrogen-bond donors (Lipinski definition) is 1. The van der Waals surface area contributed by atoms with Crippen LogP contribution in [0.4, 0.5) is 13.2 Å². The van der Waals surface area contributed by atoms with Crippen LogP contribution in [-0.2, 0) is 14.8 Å². The second-order valence-corrected chi connectivity index (χ2v) is 8.52. The van der Waals surface area contributed by atoms with Gasteiger partial charge >= 0.3 is 6.36 Å². The second-order valence-electron chi connectivity index (χ2n) is 6.61. The highest BCUT2D eigenvalue weighted by Gasteiger charge is 2.36. The predicted molar refractivity (Wildman–Crippen MR) is 104 cm³/mol. The number of halogens is 3. The maximum absolute atomic E-state index is 13.1. The van der Waals surface area contributed by atoms with Gasteiger partial charge in [-0.1, -0.05) is 30.3 Å². The molecule has 4 rings (SSSR count). The van der Waals surface area contributed by atoms with Crippen molar-refractivity contribution >= 4 is 10.0 Å². The molecule has 2 aromatic carbocycles. The Bertz CT molecular complexity index is 1160. The highest BCUT2D eigenvalue weighted by Crippen LogP contribution is 2.35. The van der Waals surface area contributed by atoms with Crippen LogP contribution in [0.15, 0.2) is 53.4 Å². The maximum atomic E-state index is 13.1. The Hall–Kier alpha value is -2.96. The molecule has 0 bridgehead atoms. The molecule has 1 aliphatic rings. The highest BCUT2D eigenvalue weighted by atomic mass is 32.2. The molecule has 0 saturated carbocycles. The van der Waals surface area contributed by atoms with Gasteiger partial charge in [-0.15, -0.1) is 23.4 Å². The van der Waals surface area contributed by atoms with Crippen molar-refractivity contribution in [1.29, 1.82) is 0 Å². The molecule has 1 fully saturated rings. The molecule has 1 N–H and O–H groups in total. The number of rotatable bonds is 5. The third-order valence-corrected chi connectivity index (χ3v) is 6.48. The fourth-order valence-electron chi connectivity index (χ4n) is 3.11. The van der Waals surface area contributed by atoms with Crippen molar-refractivity contribution in [3.63, 3.8) is 0 Å². The SMILES string of the molecule is O=S(=O)(c1cc(-c2nnc(-c3ccccc3)[nH]2)ccc1OC(F)(F)F)N1CCOCC1. The summed E-state index contributed by atoms with van der Waals surface area (Å²) in [6, 6.07) is 12.4. The first-order valence-corrected chi connectivity index (χ1v) is 10.6. The molecule has 1 saturated heterocycles. The highest BCUT2D eigenvalue weighted by molar-refractivity contribution is 7.89. The second kappa shape index (κ2) is 8.29. The number of morpholine rings is 1. The lowest BCUT2D eigenvalue weighted by Gasteiger charge is -2.27. The number of aromatic nitrogens is 3. The number of ether oxygens (including phenoxy) is 2. The first kappa shape index (κ1) is 21.3. The molecule has 1 aromatic heterocycles. The molecule has 8 nitrogen and oxygen atoms in total. The number of hydrogen-bond acceptors (Lipinski definition) is 6. The van der Waals surface area contributed by atoms with Crippen molar-refractivity contribution in [1.82, 2.24) is 19.5 Å². The van der Waals surface area contributed by atoms with Crippen LogP contribution in [0.25, 0.3) is 22.8 Å². The summed E-state index contributed by atoms with van der Waals surface area (Å²) in [5.74, 6) is -0.176. The van der Waals surface area contributed by atoms with Crippen LogP contribution >= 0.6 is 0 Å². The Morgan fingerprint density at radius 2 is 1.61 bits per heavy atom. The van der Waals surface area contributed by atoms with E-state index in [1.165, 1.54) is 6.07 Å². The van der Waals surface area contributed by atoms with E-state index in [2.05, 4.69) is 19.9 Å². The van der Waals surface area contributed by atoms with Gasteiger partial charge in [0.05, 0.1) is 13.2 Å². The molecule has 3 aromatic rings. The van der Waals surface area contributed by atoms with Crippen molar-refractivity contribution in [3.8, 4) is 28.5 Å². The van der Waals surface area contributed by atoms with E-state index in [-0.39, 0.29) is 37.7 Å². The summed E-state index contributed by atoms with van der Waals surface area (Å²) in [6.45, 7) is 0.352. The van der Waals surface area contributed by atoms with Gasteiger partial charge in [-0.05, 0) is 18.2 Å². The molecule has 0 amide bonds. The summed E-state index contributed by atoms with van der Waals surface area (Å²) in [6.07, 6.45) is -5.05. The predicted octanol–water partition coefficient (Wildman–Crippen LogP) is 3.06. The average Bonchev–Trinajstić information content (AvgIpc) is 3.24. The van der Waals surface area contributed by atoms with Crippen LogP contribution in [0.1, 0.15) is 0 Å². The molecular formula is C19H17F3N4O4S. The standard InChI is InChI=1S/C19H17F3N4O4S/c20-19(21,22)30-15-7-6-14(12-16(15)31(27,28)26-8-10-29-11-9-26)18-23-17(24-25-18)13-4-2-1-3-5-13/h1-7,12H,8-11H2,(H,23,24,25). The lowest BCUT2D eigenvalue weighted by atomic mass is 10.2. The van der Waals surface area contributed by atoms with E-state index in [0.29, 0.717) is 5.82 Å². The molecule has 1 aliphatic heterocycles. The lowest BCUT2D eigenvalue weighted by molar-refractivity contribution is -0.275. The molecule has 2 heterocycles. The Kier molecular flexibility index (Phi) is 5.69. The summed E-state index contributed by atoms with van der Waals surface area (Å²) < 4.78 is 75.0. The number of nitrogens with zero attached hydrogens (tertiary/aromatic N) is 3. The molecule has 12 heteroatoms. The quantitative estimate of drug-likeness (QED) is 0.637. The van der Waals surface area contributed by atoms with E-state index >= 15 is 0 Å². The van der Waals surface area contributed by atoms with Crippen LogP contribution in [0.2, 0.25) is 0 Å². The molecule has 0 spiro atoms.